The molecule has 3 N–H and O–H groups in total. The third-order valence-electron chi connectivity index (χ3n) is 3.00. The second-order valence-electron chi connectivity index (χ2n) is 4.21. The van der Waals surface area contributed by atoms with Crippen LogP contribution in [0.2, 0.25) is 0 Å². The number of nitrogens with one attached hydrogen (secondary N) is 1. The van der Waals surface area contributed by atoms with Gasteiger partial charge < -0.3 is 10.2 Å². The minimum absolute atomic E-state index is 0.0402. The van der Waals surface area contributed by atoms with Gasteiger partial charge in [0.15, 0.2) is 0 Å². The summed E-state index contributed by atoms with van der Waals surface area (Å²) in [5, 5.41) is 20.0. The molecule has 0 atom stereocenters. The summed E-state index contributed by atoms with van der Waals surface area (Å²) in [5.74, 6) is -1.16. The van der Waals surface area contributed by atoms with E-state index < -0.39 is 21.6 Å². The zero-order valence-electron chi connectivity index (χ0n) is 10.7. The highest BCUT2D eigenvalue weighted by Gasteiger charge is 2.26. The summed E-state index contributed by atoms with van der Waals surface area (Å²) in [5.41, 5.74) is -1.08. The molecule has 0 spiro atoms. The Kier molecular flexibility index (Phi) is 5.08. The minimum Gasteiger partial charge on any atom is -0.477 e. The zero-order valence-corrected chi connectivity index (χ0v) is 12.3. The van der Waals surface area contributed by atoms with Crippen LogP contribution in [0, 0.1) is 0 Å². The van der Waals surface area contributed by atoms with Crippen molar-refractivity contribution in [3.63, 3.8) is 0 Å². The Balaban J connectivity index is 2.84. The lowest BCUT2D eigenvalue weighted by Crippen LogP contribution is -2.41. The van der Waals surface area contributed by atoms with Crippen LogP contribution in [-0.2, 0) is 10.0 Å². The summed E-state index contributed by atoms with van der Waals surface area (Å²) in [6.07, 6.45) is 0.853. The molecule has 0 amide bonds. The molecule has 1 rings (SSSR count). The summed E-state index contributed by atoms with van der Waals surface area (Å²) < 4.78 is 26.2. The third-order valence-corrected chi connectivity index (χ3v) is 5.45. The van der Waals surface area contributed by atoms with Crippen LogP contribution in [0.4, 0.5) is 0 Å². The molecule has 19 heavy (non-hydrogen) atoms. The summed E-state index contributed by atoms with van der Waals surface area (Å²) in [6, 6.07) is 1.10. The smallest absolute Gasteiger partial charge is 0.345 e. The molecule has 6 nitrogen and oxygen atoms in total. The van der Waals surface area contributed by atoms with Crippen molar-refractivity contribution in [2.45, 2.75) is 37.2 Å². The third kappa shape index (κ3) is 4.00. The Labute approximate surface area is 116 Å². The maximum atomic E-state index is 11.9. The van der Waals surface area contributed by atoms with Crippen molar-refractivity contribution >= 4 is 27.3 Å². The molecule has 0 aromatic carbocycles. The second-order valence-corrected chi connectivity index (χ2v) is 6.89. The molecule has 0 unspecified atom stereocenters. The van der Waals surface area contributed by atoms with Crippen LogP contribution in [0.1, 0.15) is 36.4 Å². The molecule has 0 saturated carbocycles. The van der Waals surface area contributed by atoms with E-state index in [1.165, 1.54) is 5.38 Å². The fraction of sp³-hybridized carbons (Fsp3) is 0.545. The Morgan fingerprint density at radius 2 is 2.00 bits per heavy atom. The number of carboxylic acids is 1. The van der Waals surface area contributed by atoms with Crippen molar-refractivity contribution in [1.82, 2.24) is 4.72 Å². The van der Waals surface area contributed by atoms with Crippen LogP contribution in [0.25, 0.3) is 0 Å². The molecule has 0 fully saturated rings. The van der Waals surface area contributed by atoms with E-state index in [2.05, 4.69) is 4.72 Å². The fourth-order valence-corrected chi connectivity index (χ4v) is 3.62. The van der Waals surface area contributed by atoms with Gasteiger partial charge in [0.1, 0.15) is 4.88 Å². The van der Waals surface area contributed by atoms with Crippen molar-refractivity contribution in [3.8, 4) is 0 Å². The van der Waals surface area contributed by atoms with E-state index >= 15 is 0 Å². The molecule has 0 bridgehead atoms. The minimum atomic E-state index is -3.79. The maximum Gasteiger partial charge on any atom is 0.345 e. The lowest BCUT2D eigenvalue weighted by Gasteiger charge is -2.25. The highest BCUT2D eigenvalue weighted by Crippen LogP contribution is 2.20. The van der Waals surface area contributed by atoms with Crippen molar-refractivity contribution in [2.75, 3.05) is 6.54 Å². The Bertz CT molecular complexity index is 545. The molecule has 1 aromatic rings. The standard InChI is InChI=1S/C11H17NO5S2/c1-3-11(15,4-2)7-12-19(16,17)8-5-9(10(13)14)18-6-8/h5-6,12,15H,3-4,7H2,1-2H3,(H,13,14). The number of sulfonamides is 1. The quantitative estimate of drug-likeness (QED) is 0.704. The topological polar surface area (TPSA) is 104 Å². The molecule has 1 aromatic heterocycles. The Morgan fingerprint density at radius 1 is 1.42 bits per heavy atom. The molecule has 0 aliphatic heterocycles. The van der Waals surface area contributed by atoms with E-state index in [0.717, 1.165) is 17.4 Å². The molecular weight excluding hydrogens is 290 g/mol. The molecule has 0 aliphatic carbocycles. The van der Waals surface area contributed by atoms with Crippen molar-refractivity contribution in [1.29, 1.82) is 0 Å². The zero-order chi connectivity index (χ0) is 14.7. The first kappa shape index (κ1) is 16.1. The average molecular weight is 307 g/mol. The number of thiophene rings is 1. The van der Waals surface area contributed by atoms with Gasteiger partial charge in [0.25, 0.3) is 0 Å². The van der Waals surface area contributed by atoms with Gasteiger partial charge in [-0.1, -0.05) is 13.8 Å². The first-order valence-corrected chi connectivity index (χ1v) is 8.14. The number of rotatable bonds is 7. The van der Waals surface area contributed by atoms with Crippen molar-refractivity contribution < 1.29 is 23.4 Å². The summed E-state index contributed by atoms with van der Waals surface area (Å²) in [4.78, 5) is 10.6. The van der Waals surface area contributed by atoms with E-state index in [9.17, 15) is 18.3 Å². The van der Waals surface area contributed by atoms with E-state index in [1.54, 1.807) is 13.8 Å². The number of hydrogen-bond donors (Lipinski definition) is 3. The summed E-state index contributed by atoms with van der Waals surface area (Å²) in [6.45, 7) is 3.44. The van der Waals surface area contributed by atoms with Gasteiger partial charge in [0.2, 0.25) is 10.0 Å². The van der Waals surface area contributed by atoms with Gasteiger partial charge in [0, 0.05) is 11.9 Å². The number of carbonyl (C=O) groups is 1. The van der Waals surface area contributed by atoms with Gasteiger partial charge in [-0.3, -0.25) is 0 Å². The monoisotopic (exact) mass is 307 g/mol. The lowest BCUT2D eigenvalue weighted by atomic mass is 9.98. The van der Waals surface area contributed by atoms with Crippen LogP contribution in [0.5, 0.6) is 0 Å². The Morgan fingerprint density at radius 3 is 2.42 bits per heavy atom. The van der Waals surface area contributed by atoms with E-state index in [4.69, 9.17) is 5.11 Å². The van der Waals surface area contributed by atoms with Crippen LogP contribution in [0.15, 0.2) is 16.3 Å². The van der Waals surface area contributed by atoms with Gasteiger partial charge in [-0.2, -0.15) is 0 Å². The molecule has 1 heterocycles. The van der Waals surface area contributed by atoms with E-state index in [-0.39, 0.29) is 16.3 Å². The first-order valence-electron chi connectivity index (χ1n) is 5.78. The van der Waals surface area contributed by atoms with Crippen molar-refractivity contribution in [2.24, 2.45) is 0 Å². The first-order chi connectivity index (χ1) is 8.74. The average Bonchev–Trinajstić information content (AvgIpc) is 2.86. The van der Waals surface area contributed by atoms with Gasteiger partial charge in [-0.05, 0) is 18.9 Å². The predicted molar refractivity (Wildman–Crippen MR) is 72.0 cm³/mol. The lowest BCUT2D eigenvalue weighted by molar-refractivity contribution is 0.0377. The number of hydrogen-bond acceptors (Lipinski definition) is 5. The second kappa shape index (κ2) is 6.00. The molecule has 0 saturated heterocycles. The van der Waals surface area contributed by atoms with Gasteiger partial charge in [-0.15, -0.1) is 11.3 Å². The SMILES string of the molecule is CCC(O)(CC)CNS(=O)(=O)c1csc(C(=O)O)c1. The molecule has 108 valence electrons. The summed E-state index contributed by atoms with van der Waals surface area (Å²) in [7, 11) is -3.79. The van der Waals surface area contributed by atoms with Crippen LogP contribution >= 0.6 is 11.3 Å². The number of aromatic carboxylic acids is 1. The van der Waals surface area contributed by atoms with Gasteiger partial charge >= 0.3 is 5.97 Å². The number of aliphatic hydroxyl groups is 1. The Hall–Kier alpha value is -0.960. The molecule has 0 radical (unpaired) electrons. The van der Waals surface area contributed by atoms with Gasteiger partial charge in [-0.25, -0.2) is 17.9 Å². The highest BCUT2D eigenvalue weighted by molar-refractivity contribution is 7.89. The highest BCUT2D eigenvalue weighted by atomic mass is 32.2. The fourth-order valence-electron chi connectivity index (χ4n) is 1.38. The van der Waals surface area contributed by atoms with Crippen molar-refractivity contribution in [3.05, 3.63) is 16.3 Å². The molecule has 8 heteroatoms. The number of carboxylic acid groups (broad SMARTS) is 1. The van der Waals surface area contributed by atoms with Crippen LogP contribution in [0.3, 0.4) is 0 Å². The molecule has 0 aliphatic rings. The van der Waals surface area contributed by atoms with E-state index in [1.807, 2.05) is 0 Å². The largest absolute Gasteiger partial charge is 0.477 e. The van der Waals surface area contributed by atoms with Gasteiger partial charge in [0.05, 0.1) is 10.5 Å². The van der Waals surface area contributed by atoms with Crippen LogP contribution < -0.4 is 4.72 Å². The van der Waals surface area contributed by atoms with E-state index in [0.29, 0.717) is 12.8 Å². The van der Waals surface area contributed by atoms with Crippen LogP contribution in [-0.4, -0.2) is 36.7 Å². The maximum absolute atomic E-state index is 11.9. The summed E-state index contributed by atoms with van der Waals surface area (Å²) >= 11 is 0.848. The normalized spacial score (nSPS) is 12.6. The predicted octanol–water partition coefficient (Wildman–Crippen LogP) is 1.28. The molecular formula is C11H17NO5S2.